The number of fused-ring (bicyclic) bond motifs is 1. The molecule has 0 fully saturated rings. The predicted octanol–water partition coefficient (Wildman–Crippen LogP) is -0.694. The predicted molar refractivity (Wildman–Crippen MR) is 30.2 cm³/mol. The monoisotopic (exact) mass is 138 g/mol. The molecule has 6 nitrogen and oxygen atoms in total. The van der Waals surface area contributed by atoms with Gasteiger partial charge in [-0.05, 0) is 10.3 Å². The van der Waals surface area contributed by atoms with Gasteiger partial charge in [-0.2, -0.15) is 0 Å². The van der Waals surface area contributed by atoms with Crippen molar-refractivity contribution in [2.75, 3.05) is 0 Å². The van der Waals surface area contributed by atoms with E-state index in [0.717, 1.165) is 0 Å². The molecule has 0 aliphatic carbocycles. The molecule has 2 aromatic rings. The van der Waals surface area contributed by atoms with Crippen LogP contribution in [0.1, 0.15) is 0 Å². The van der Waals surface area contributed by atoms with Crippen LogP contribution >= 0.6 is 0 Å². The van der Waals surface area contributed by atoms with Crippen molar-refractivity contribution in [2.24, 2.45) is 0 Å². The lowest BCUT2D eigenvalue weighted by atomic mass is 10.6. The van der Waals surface area contributed by atoms with Gasteiger partial charge in [-0.15, -0.1) is 0 Å². The van der Waals surface area contributed by atoms with Crippen molar-refractivity contribution in [2.45, 2.75) is 0 Å². The number of hydrogen-bond donors (Lipinski definition) is 1. The van der Waals surface area contributed by atoms with Crippen LogP contribution < -0.4 is 5.56 Å². The second-order valence-corrected chi connectivity index (χ2v) is 1.67. The zero-order valence-corrected chi connectivity index (χ0v) is 4.74. The molecule has 0 radical (unpaired) electrons. The third-order valence-corrected chi connectivity index (χ3v) is 1.07. The van der Waals surface area contributed by atoms with Crippen LogP contribution in [0.3, 0.4) is 0 Å². The molecule has 2 aromatic heterocycles. The molecule has 0 amide bonds. The quantitative estimate of drug-likeness (QED) is 0.520. The Hall–Kier alpha value is -1.72. The van der Waals surface area contributed by atoms with E-state index in [2.05, 4.69) is 24.9 Å². The number of H-pyrrole nitrogens is 1. The topological polar surface area (TPSA) is 84.7 Å². The summed E-state index contributed by atoms with van der Waals surface area (Å²) in [7, 11) is 0. The van der Waals surface area contributed by atoms with Crippen molar-refractivity contribution in [3.63, 3.8) is 0 Å². The maximum atomic E-state index is 10.8. The highest BCUT2D eigenvalue weighted by Gasteiger charge is 2.02. The zero-order valence-electron chi connectivity index (χ0n) is 4.74. The number of hydrogen-bond acceptors (Lipinski definition) is 5. The molecule has 1 N–H and O–H groups in total. The van der Waals surface area contributed by atoms with Gasteiger partial charge >= 0.3 is 0 Å². The van der Waals surface area contributed by atoms with Crippen molar-refractivity contribution in [1.29, 1.82) is 0 Å². The Balaban J connectivity index is 3.09. The van der Waals surface area contributed by atoms with Gasteiger partial charge in [-0.1, -0.05) is 0 Å². The maximum absolute atomic E-state index is 10.8. The van der Waals surface area contributed by atoms with Gasteiger partial charge in [0.1, 0.15) is 0 Å². The molecule has 2 heterocycles. The zero-order chi connectivity index (χ0) is 6.97. The second kappa shape index (κ2) is 1.63. The molecule has 0 aromatic carbocycles. The summed E-state index contributed by atoms with van der Waals surface area (Å²) in [5.41, 5.74) is 0.0116. The van der Waals surface area contributed by atoms with Crippen LogP contribution in [0.15, 0.2) is 15.8 Å². The first kappa shape index (κ1) is 5.10. The molecule has 0 atom stereocenters. The van der Waals surface area contributed by atoms with Crippen molar-refractivity contribution >= 4 is 11.2 Å². The number of nitrogens with one attached hydrogen (secondary N) is 1. The normalized spacial score (nSPS) is 10.4. The highest BCUT2D eigenvalue weighted by Crippen LogP contribution is 1.94. The van der Waals surface area contributed by atoms with Crippen molar-refractivity contribution < 1.29 is 4.63 Å². The summed E-state index contributed by atoms with van der Waals surface area (Å²) in [4.78, 5) is 16.8. The lowest BCUT2D eigenvalue weighted by Crippen LogP contribution is -2.05. The molecule has 6 heteroatoms. The van der Waals surface area contributed by atoms with Crippen molar-refractivity contribution in [3.05, 3.63) is 16.7 Å². The Labute approximate surface area is 53.9 Å². The van der Waals surface area contributed by atoms with E-state index in [0.29, 0.717) is 0 Å². The SMILES string of the molecule is O=c1[nH]cnc2nonc12. The Morgan fingerprint density at radius 1 is 1.50 bits per heavy atom. The Bertz CT molecular complexity index is 403. The Morgan fingerprint density at radius 2 is 2.40 bits per heavy atom. The lowest BCUT2D eigenvalue weighted by molar-refractivity contribution is 0.314. The van der Waals surface area contributed by atoms with Crippen LogP contribution in [0.2, 0.25) is 0 Å². The number of aromatic nitrogens is 4. The molecular weight excluding hydrogens is 136 g/mol. The largest absolute Gasteiger partial charge is 0.311 e. The van der Waals surface area contributed by atoms with Crippen molar-refractivity contribution in [3.8, 4) is 0 Å². The van der Waals surface area contributed by atoms with E-state index < -0.39 is 0 Å². The molecule has 50 valence electrons. The van der Waals surface area contributed by atoms with Gasteiger partial charge in [0.15, 0.2) is 0 Å². The number of nitrogens with zero attached hydrogens (tertiary/aromatic N) is 3. The van der Waals surface area contributed by atoms with Gasteiger partial charge in [0, 0.05) is 0 Å². The Morgan fingerprint density at radius 3 is 3.20 bits per heavy atom. The minimum atomic E-state index is -0.341. The summed E-state index contributed by atoms with van der Waals surface area (Å²) in [5, 5.41) is 6.69. The van der Waals surface area contributed by atoms with Crippen LogP contribution in [0, 0.1) is 0 Å². The van der Waals surface area contributed by atoms with Crippen molar-refractivity contribution in [1.82, 2.24) is 20.3 Å². The molecule has 10 heavy (non-hydrogen) atoms. The molecule has 0 aliphatic rings. The fourth-order valence-electron chi connectivity index (χ4n) is 0.632. The van der Waals surface area contributed by atoms with Crippen LogP contribution in [0.5, 0.6) is 0 Å². The van der Waals surface area contributed by atoms with Crippen LogP contribution in [0.4, 0.5) is 0 Å². The van der Waals surface area contributed by atoms with Crippen LogP contribution in [-0.2, 0) is 0 Å². The summed E-state index contributed by atoms with van der Waals surface area (Å²) in [5.74, 6) is 0. The number of aromatic amines is 1. The summed E-state index contributed by atoms with van der Waals surface area (Å²) in [6.07, 6.45) is 1.24. The minimum Gasteiger partial charge on any atom is -0.311 e. The highest BCUT2D eigenvalue weighted by atomic mass is 16.6. The van der Waals surface area contributed by atoms with E-state index in [9.17, 15) is 4.79 Å². The maximum Gasteiger partial charge on any atom is 0.282 e. The van der Waals surface area contributed by atoms with Gasteiger partial charge in [-0.3, -0.25) is 4.79 Å². The van der Waals surface area contributed by atoms with Gasteiger partial charge in [0.05, 0.1) is 6.33 Å². The molecule has 2 rings (SSSR count). The Kier molecular flexibility index (Phi) is 0.830. The van der Waals surface area contributed by atoms with E-state index in [1.54, 1.807) is 0 Å². The minimum absolute atomic E-state index is 0.127. The summed E-state index contributed by atoms with van der Waals surface area (Å²) in [6.45, 7) is 0. The highest BCUT2D eigenvalue weighted by molar-refractivity contribution is 5.65. The molecule has 0 bridgehead atoms. The van der Waals surface area contributed by atoms with Gasteiger partial charge in [-0.25, -0.2) is 9.61 Å². The average Bonchev–Trinajstić information content (AvgIpc) is 2.36. The number of rotatable bonds is 0. The lowest BCUT2D eigenvalue weighted by Gasteiger charge is -1.77. The molecule has 0 saturated heterocycles. The van der Waals surface area contributed by atoms with Gasteiger partial charge in [0.25, 0.3) is 5.56 Å². The molecule has 0 saturated carbocycles. The summed E-state index contributed by atoms with van der Waals surface area (Å²) < 4.78 is 4.26. The summed E-state index contributed by atoms with van der Waals surface area (Å²) in [6, 6.07) is 0. The van der Waals surface area contributed by atoms with E-state index in [4.69, 9.17) is 0 Å². The third-order valence-electron chi connectivity index (χ3n) is 1.07. The van der Waals surface area contributed by atoms with Crippen LogP contribution in [-0.4, -0.2) is 20.3 Å². The first-order chi connectivity index (χ1) is 4.88. The smallest absolute Gasteiger partial charge is 0.282 e. The first-order valence-electron chi connectivity index (χ1n) is 2.54. The fourth-order valence-corrected chi connectivity index (χ4v) is 0.632. The average molecular weight is 138 g/mol. The fraction of sp³-hybridized carbons (Fsp3) is 0. The van der Waals surface area contributed by atoms with E-state index in [-0.39, 0.29) is 16.7 Å². The third kappa shape index (κ3) is 0.524. The first-order valence-corrected chi connectivity index (χ1v) is 2.54. The summed E-state index contributed by atoms with van der Waals surface area (Å²) >= 11 is 0. The molecule has 0 aliphatic heterocycles. The van der Waals surface area contributed by atoms with E-state index in [1.807, 2.05) is 0 Å². The van der Waals surface area contributed by atoms with Crippen LogP contribution in [0.25, 0.3) is 11.2 Å². The molecular formula is C4H2N4O2. The molecule has 0 unspecified atom stereocenters. The molecule has 0 spiro atoms. The van der Waals surface area contributed by atoms with E-state index in [1.165, 1.54) is 6.33 Å². The van der Waals surface area contributed by atoms with Gasteiger partial charge < -0.3 is 4.98 Å². The second-order valence-electron chi connectivity index (χ2n) is 1.67. The van der Waals surface area contributed by atoms with E-state index >= 15 is 0 Å². The standard InChI is InChI=1S/C4H2N4O2/c9-4-2-3(5-1-6-4)8-10-7-2/h1H,(H,5,6,8,9). The van der Waals surface area contributed by atoms with Gasteiger partial charge in [0.2, 0.25) is 11.2 Å².